The van der Waals surface area contributed by atoms with Crippen molar-refractivity contribution in [2.75, 3.05) is 13.1 Å². The topological polar surface area (TPSA) is 12.0 Å². The third kappa shape index (κ3) is 1.10. The van der Waals surface area contributed by atoms with Crippen molar-refractivity contribution >= 4 is 0 Å². The zero-order valence-corrected chi connectivity index (χ0v) is 8.09. The summed E-state index contributed by atoms with van der Waals surface area (Å²) in [5, 5.41) is 3.38. The maximum absolute atomic E-state index is 13.6. The van der Waals surface area contributed by atoms with Gasteiger partial charge in [0, 0.05) is 19.0 Å². The molecule has 0 radical (unpaired) electrons. The predicted molar refractivity (Wildman–Crippen MR) is 53.7 cm³/mol. The van der Waals surface area contributed by atoms with Crippen LogP contribution in [0.3, 0.4) is 0 Å². The van der Waals surface area contributed by atoms with Gasteiger partial charge in [-0.05, 0) is 29.9 Å². The van der Waals surface area contributed by atoms with E-state index in [1.807, 2.05) is 12.1 Å². The average Bonchev–Trinajstić information content (AvgIpc) is 2.82. The van der Waals surface area contributed by atoms with E-state index in [9.17, 15) is 4.39 Å². The first kappa shape index (κ1) is 8.42. The summed E-state index contributed by atoms with van der Waals surface area (Å²) in [5.74, 6) is 0.371. The molecule has 14 heavy (non-hydrogen) atoms. The van der Waals surface area contributed by atoms with Crippen molar-refractivity contribution < 1.29 is 4.39 Å². The fraction of sp³-hybridized carbons (Fsp3) is 0.500. The molecule has 1 heterocycles. The van der Waals surface area contributed by atoms with E-state index >= 15 is 0 Å². The van der Waals surface area contributed by atoms with Crippen LogP contribution in [0.2, 0.25) is 0 Å². The van der Waals surface area contributed by atoms with Crippen LogP contribution in [-0.4, -0.2) is 13.1 Å². The van der Waals surface area contributed by atoms with Crippen molar-refractivity contribution in [3.63, 3.8) is 0 Å². The molecule has 2 fully saturated rings. The Hall–Kier alpha value is -0.890. The van der Waals surface area contributed by atoms with Gasteiger partial charge in [0.1, 0.15) is 5.82 Å². The standard InChI is InChI=1S/C12H14FN/c13-11-4-2-1-3-9(11)10-7-14-8-12(10)5-6-12/h1-4,10,14H,5-8H2/t10-/m0/s1. The van der Waals surface area contributed by atoms with Crippen molar-refractivity contribution in [2.24, 2.45) is 5.41 Å². The highest BCUT2D eigenvalue weighted by molar-refractivity contribution is 5.29. The quantitative estimate of drug-likeness (QED) is 0.718. The van der Waals surface area contributed by atoms with Gasteiger partial charge in [-0.15, -0.1) is 0 Å². The molecule has 0 aromatic heterocycles. The smallest absolute Gasteiger partial charge is 0.126 e. The molecule has 3 rings (SSSR count). The first-order chi connectivity index (χ1) is 6.82. The summed E-state index contributed by atoms with van der Waals surface area (Å²) >= 11 is 0. The summed E-state index contributed by atoms with van der Waals surface area (Å²) in [6.45, 7) is 2.02. The first-order valence-electron chi connectivity index (χ1n) is 5.27. The van der Waals surface area contributed by atoms with Gasteiger partial charge < -0.3 is 5.32 Å². The zero-order valence-electron chi connectivity index (χ0n) is 8.09. The van der Waals surface area contributed by atoms with E-state index < -0.39 is 0 Å². The highest BCUT2D eigenvalue weighted by atomic mass is 19.1. The second kappa shape index (κ2) is 2.80. The van der Waals surface area contributed by atoms with E-state index in [4.69, 9.17) is 0 Å². The molecule has 1 saturated heterocycles. The molecule has 1 atom stereocenters. The lowest BCUT2D eigenvalue weighted by atomic mass is 9.86. The van der Waals surface area contributed by atoms with E-state index in [1.54, 1.807) is 12.1 Å². The number of halogens is 1. The molecular weight excluding hydrogens is 177 g/mol. The lowest BCUT2D eigenvalue weighted by molar-refractivity contribution is 0.478. The summed E-state index contributed by atoms with van der Waals surface area (Å²) in [7, 11) is 0. The van der Waals surface area contributed by atoms with Crippen LogP contribution in [-0.2, 0) is 0 Å². The lowest BCUT2D eigenvalue weighted by Gasteiger charge is -2.17. The predicted octanol–water partition coefficient (Wildman–Crippen LogP) is 2.29. The summed E-state index contributed by atoms with van der Waals surface area (Å²) in [4.78, 5) is 0. The van der Waals surface area contributed by atoms with Gasteiger partial charge in [0.05, 0.1) is 0 Å². The van der Waals surface area contributed by atoms with Crippen molar-refractivity contribution in [3.8, 4) is 0 Å². The van der Waals surface area contributed by atoms with E-state index in [1.165, 1.54) is 12.8 Å². The minimum absolute atomic E-state index is 0.0347. The fourth-order valence-corrected chi connectivity index (χ4v) is 2.69. The molecule has 0 bridgehead atoms. The van der Waals surface area contributed by atoms with E-state index in [-0.39, 0.29) is 5.82 Å². The van der Waals surface area contributed by atoms with E-state index in [0.717, 1.165) is 18.7 Å². The van der Waals surface area contributed by atoms with Gasteiger partial charge in [0.25, 0.3) is 0 Å². The number of rotatable bonds is 1. The third-order valence-electron chi connectivity index (χ3n) is 3.74. The Morgan fingerprint density at radius 3 is 2.79 bits per heavy atom. The molecule has 1 aromatic rings. The molecule has 1 aliphatic carbocycles. The Balaban J connectivity index is 1.99. The number of hydrogen-bond acceptors (Lipinski definition) is 1. The highest BCUT2D eigenvalue weighted by Crippen LogP contribution is 2.58. The molecule has 0 unspecified atom stereocenters. The Kier molecular flexibility index (Phi) is 1.68. The largest absolute Gasteiger partial charge is 0.316 e. The molecule has 1 N–H and O–H groups in total. The average molecular weight is 191 g/mol. The summed E-state index contributed by atoms with van der Waals surface area (Å²) in [5.41, 5.74) is 1.32. The SMILES string of the molecule is Fc1ccccc1[C@@H]1CNCC12CC2. The van der Waals surface area contributed by atoms with Gasteiger partial charge in [0.2, 0.25) is 0 Å². The lowest BCUT2D eigenvalue weighted by Crippen LogP contribution is -2.12. The molecule has 2 aliphatic rings. The summed E-state index contributed by atoms with van der Waals surface area (Å²) in [6, 6.07) is 7.21. The normalized spacial score (nSPS) is 28.2. The molecule has 1 spiro atoms. The number of benzene rings is 1. The minimum Gasteiger partial charge on any atom is -0.316 e. The molecule has 74 valence electrons. The first-order valence-corrected chi connectivity index (χ1v) is 5.27. The highest BCUT2D eigenvalue weighted by Gasteiger charge is 2.52. The minimum atomic E-state index is -0.0347. The van der Waals surface area contributed by atoms with Crippen molar-refractivity contribution in [2.45, 2.75) is 18.8 Å². The van der Waals surface area contributed by atoms with Gasteiger partial charge in [-0.25, -0.2) is 4.39 Å². The summed E-state index contributed by atoms with van der Waals surface area (Å²) < 4.78 is 13.6. The van der Waals surface area contributed by atoms with Crippen LogP contribution < -0.4 is 5.32 Å². The monoisotopic (exact) mass is 191 g/mol. The fourth-order valence-electron chi connectivity index (χ4n) is 2.69. The maximum atomic E-state index is 13.6. The van der Waals surface area contributed by atoms with Crippen LogP contribution in [0.4, 0.5) is 4.39 Å². The van der Waals surface area contributed by atoms with Crippen LogP contribution >= 0.6 is 0 Å². The molecule has 2 heteroatoms. The molecule has 0 amide bonds. The molecule has 1 nitrogen and oxygen atoms in total. The van der Waals surface area contributed by atoms with Crippen molar-refractivity contribution in [3.05, 3.63) is 35.6 Å². The number of hydrogen-bond donors (Lipinski definition) is 1. The van der Waals surface area contributed by atoms with Crippen LogP contribution in [0.15, 0.2) is 24.3 Å². The number of nitrogens with one attached hydrogen (secondary N) is 1. The summed E-state index contributed by atoms with van der Waals surface area (Å²) in [6.07, 6.45) is 2.53. The van der Waals surface area contributed by atoms with Crippen molar-refractivity contribution in [1.82, 2.24) is 5.32 Å². The van der Waals surface area contributed by atoms with Crippen LogP contribution in [0.1, 0.15) is 24.3 Å². The van der Waals surface area contributed by atoms with Gasteiger partial charge in [-0.2, -0.15) is 0 Å². The second-order valence-electron chi connectivity index (χ2n) is 4.57. The van der Waals surface area contributed by atoms with Crippen LogP contribution in [0.5, 0.6) is 0 Å². The molecule has 1 saturated carbocycles. The Morgan fingerprint density at radius 2 is 2.07 bits per heavy atom. The Bertz CT molecular complexity index is 357. The van der Waals surface area contributed by atoms with E-state index in [2.05, 4.69) is 5.32 Å². The van der Waals surface area contributed by atoms with Crippen molar-refractivity contribution in [1.29, 1.82) is 0 Å². The molecule has 1 aliphatic heterocycles. The Labute approximate surface area is 83.3 Å². The molecular formula is C12H14FN. The maximum Gasteiger partial charge on any atom is 0.126 e. The van der Waals surface area contributed by atoms with Crippen LogP contribution in [0, 0.1) is 11.2 Å². The molecule has 1 aromatic carbocycles. The van der Waals surface area contributed by atoms with Gasteiger partial charge in [-0.3, -0.25) is 0 Å². The Morgan fingerprint density at radius 1 is 1.29 bits per heavy atom. The van der Waals surface area contributed by atoms with Gasteiger partial charge in [0.15, 0.2) is 0 Å². The van der Waals surface area contributed by atoms with E-state index in [0.29, 0.717) is 11.3 Å². The second-order valence-corrected chi connectivity index (χ2v) is 4.57. The third-order valence-corrected chi connectivity index (χ3v) is 3.74. The van der Waals surface area contributed by atoms with Gasteiger partial charge in [-0.1, -0.05) is 18.2 Å². The van der Waals surface area contributed by atoms with Gasteiger partial charge >= 0.3 is 0 Å². The van der Waals surface area contributed by atoms with Crippen LogP contribution in [0.25, 0.3) is 0 Å². The zero-order chi connectivity index (χ0) is 9.60.